The molecule has 0 aromatic heterocycles. The first kappa shape index (κ1) is 18.5. The summed E-state index contributed by atoms with van der Waals surface area (Å²) in [7, 11) is 0. The van der Waals surface area contributed by atoms with Gasteiger partial charge < -0.3 is 16.0 Å². The van der Waals surface area contributed by atoms with Gasteiger partial charge in [-0.15, -0.1) is 0 Å². The number of hydrogen-bond donors (Lipinski definition) is 3. The molecule has 0 bridgehead atoms. The van der Waals surface area contributed by atoms with Gasteiger partial charge in [0.25, 0.3) is 5.91 Å². The van der Waals surface area contributed by atoms with Crippen molar-refractivity contribution in [2.45, 2.75) is 26.4 Å². The summed E-state index contributed by atoms with van der Waals surface area (Å²) in [6.45, 7) is 4.23. The lowest BCUT2D eigenvalue weighted by Gasteiger charge is -2.11. The number of carbonyl (C=O) groups is 2. The standard InChI is InChI=1S/C22H23N3O2/c1-15(2)24-22(27)25-18-12-10-16(11-13-18)14-23-21(26)20-9-5-7-17-6-3-4-8-19(17)20/h3-13,15H,14H2,1-2H3,(H,23,26)(H2,24,25,27). The molecule has 3 amide bonds. The number of anilines is 1. The van der Waals surface area contributed by atoms with Crippen molar-refractivity contribution in [1.82, 2.24) is 10.6 Å². The zero-order valence-electron chi connectivity index (χ0n) is 15.5. The Bertz CT molecular complexity index is 944. The van der Waals surface area contributed by atoms with Crippen LogP contribution in [0.2, 0.25) is 0 Å². The zero-order valence-corrected chi connectivity index (χ0v) is 15.5. The van der Waals surface area contributed by atoms with Crippen molar-refractivity contribution in [3.8, 4) is 0 Å². The van der Waals surface area contributed by atoms with Crippen molar-refractivity contribution < 1.29 is 9.59 Å². The number of fused-ring (bicyclic) bond motifs is 1. The molecule has 5 nitrogen and oxygen atoms in total. The van der Waals surface area contributed by atoms with Crippen molar-refractivity contribution in [3.63, 3.8) is 0 Å². The maximum absolute atomic E-state index is 12.6. The van der Waals surface area contributed by atoms with Crippen LogP contribution in [0.15, 0.2) is 66.7 Å². The topological polar surface area (TPSA) is 70.2 Å². The Hall–Kier alpha value is -3.34. The predicted octanol–water partition coefficient (Wildman–Crippen LogP) is 4.30. The largest absolute Gasteiger partial charge is 0.348 e. The van der Waals surface area contributed by atoms with Gasteiger partial charge in [-0.05, 0) is 48.4 Å². The van der Waals surface area contributed by atoms with Gasteiger partial charge in [0.2, 0.25) is 0 Å². The van der Waals surface area contributed by atoms with E-state index in [1.807, 2.05) is 80.6 Å². The molecule has 0 spiro atoms. The summed E-state index contributed by atoms with van der Waals surface area (Å²) in [5.41, 5.74) is 2.33. The zero-order chi connectivity index (χ0) is 19.2. The number of amides is 3. The molecule has 0 aliphatic heterocycles. The van der Waals surface area contributed by atoms with Crippen molar-refractivity contribution >= 4 is 28.4 Å². The van der Waals surface area contributed by atoms with Crippen molar-refractivity contribution in [2.24, 2.45) is 0 Å². The minimum atomic E-state index is -0.234. The van der Waals surface area contributed by atoms with E-state index < -0.39 is 0 Å². The second kappa shape index (κ2) is 8.36. The van der Waals surface area contributed by atoms with E-state index in [1.165, 1.54) is 0 Å². The Morgan fingerprint density at radius 2 is 1.59 bits per heavy atom. The SMILES string of the molecule is CC(C)NC(=O)Nc1ccc(CNC(=O)c2cccc3ccccc23)cc1. The van der Waals surface area contributed by atoms with Gasteiger partial charge in [-0.25, -0.2) is 4.79 Å². The van der Waals surface area contributed by atoms with Crippen LogP contribution >= 0.6 is 0 Å². The molecule has 3 aromatic rings. The lowest BCUT2D eigenvalue weighted by atomic mass is 10.0. The maximum atomic E-state index is 12.6. The third kappa shape index (κ3) is 4.85. The predicted molar refractivity (Wildman–Crippen MR) is 109 cm³/mol. The summed E-state index contributed by atoms with van der Waals surface area (Å²) in [5.74, 6) is -0.106. The summed E-state index contributed by atoms with van der Waals surface area (Å²) in [6.07, 6.45) is 0. The monoisotopic (exact) mass is 361 g/mol. The number of carbonyl (C=O) groups excluding carboxylic acids is 2. The number of hydrogen-bond acceptors (Lipinski definition) is 2. The Kier molecular flexibility index (Phi) is 5.71. The Labute approximate surface area is 158 Å². The first-order valence-electron chi connectivity index (χ1n) is 8.95. The normalized spacial score (nSPS) is 10.6. The minimum absolute atomic E-state index is 0.0774. The van der Waals surface area contributed by atoms with Crippen molar-refractivity contribution in [3.05, 3.63) is 77.9 Å². The van der Waals surface area contributed by atoms with E-state index in [-0.39, 0.29) is 18.0 Å². The average Bonchev–Trinajstić information content (AvgIpc) is 2.66. The van der Waals surface area contributed by atoms with E-state index in [4.69, 9.17) is 0 Å². The second-order valence-electron chi connectivity index (χ2n) is 6.66. The highest BCUT2D eigenvalue weighted by molar-refractivity contribution is 6.06. The van der Waals surface area contributed by atoms with Gasteiger partial charge >= 0.3 is 6.03 Å². The molecule has 0 fully saturated rings. The Morgan fingerprint density at radius 1 is 0.889 bits per heavy atom. The summed E-state index contributed by atoms with van der Waals surface area (Å²) in [6, 6.07) is 20.8. The van der Waals surface area contributed by atoms with E-state index in [0.717, 1.165) is 16.3 Å². The highest BCUT2D eigenvalue weighted by atomic mass is 16.2. The lowest BCUT2D eigenvalue weighted by molar-refractivity contribution is 0.0952. The van der Waals surface area contributed by atoms with Crippen LogP contribution in [-0.2, 0) is 6.54 Å². The fourth-order valence-corrected chi connectivity index (χ4v) is 2.84. The number of benzene rings is 3. The maximum Gasteiger partial charge on any atom is 0.319 e. The van der Waals surface area contributed by atoms with E-state index in [0.29, 0.717) is 17.8 Å². The van der Waals surface area contributed by atoms with Gasteiger partial charge in [0.1, 0.15) is 0 Å². The molecule has 3 rings (SSSR count). The lowest BCUT2D eigenvalue weighted by Crippen LogP contribution is -2.34. The Balaban J connectivity index is 1.61. The molecule has 0 radical (unpaired) electrons. The molecular formula is C22H23N3O2. The van der Waals surface area contributed by atoms with Gasteiger partial charge in [0.05, 0.1) is 0 Å². The third-order valence-electron chi connectivity index (χ3n) is 4.12. The molecule has 0 atom stereocenters. The summed E-state index contributed by atoms with van der Waals surface area (Å²) in [4.78, 5) is 24.3. The van der Waals surface area contributed by atoms with E-state index in [9.17, 15) is 9.59 Å². The smallest absolute Gasteiger partial charge is 0.319 e. The highest BCUT2D eigenvalue weighted by Crippen LogP contribution is 2.18. The van der Waals surface area contributed by atoms with Gasteiger partial charge in [-0.1, -0.05) is 48.5 Å². The first-order chi connectivity index (χ1) is 13.0. The van der Waals surface area contributed by atoms with Crippen LogP contribution in [0.4, 0.5) is 10.5 Å². The van der Waals surface area contributed by atoms with E-state index >= 15 is 0 Å². The summed E-state index contributed by atoms with van der Waals surface area (Å²) >= 11 is 0. The molecule has 138 valence electrons. The summed E-state index contributed by atoms with van der Waals surface area (Å²) in [5, 5.41) is 10.5. The number of rotatable bonds is 5. The minimum Gasteiger partial charge on any atom is -0.348 e. The van der Waals surface area contributed by atoms with Gasteiger partial charge in [-0.2, -0.15) is 0 Å². The fraction of sp³-hybridized carbons (Fsp3) is 0.182. The van der Waals surface area contributed by atoms with E-state index in [1.54, 1.807) is 0 Å². The molecule has 0 heterocycles. The van der Waals surface area contributed by atoms with Crippen molar-refractivity contribution in [1.29, 1.82) is 0 Å². The molecule has 5 heteroatoms. The third-order valence-corrected chi connectivity index (χ3v) is 4.12. The van der Waals surface area contributed by atoms with Gasteiger partial charge in [0, 0.05) is 23.8 Å². The van der Waals surface area contributed by atoms with E-state index in [2.05, 4.69) is 16.0 Å². The number of urea groups is 1. The molecule has 0 aliphatic rings. The number of nitrogens with one attached hydrogen (secondary N) is 3. The molecule has 3 aromatic carbocycles. The highest BCUT2D eigenvalue weighted by Gasteiger charge is 2.09. The molecule has 0 aliphatic carbocycles. The van der Waals surface area contributed by atoms with Crippen molar-refractivity contribution in [2.75, 3.05) is 5.32 Å². The van der Waals surface area contributed by atoms with Crippen LogP contribution in [0.25, 0.3) is 10.8 Å². The van der Waals surface area contributed by atoms with Crippen LogP contribution in [0, 0.1) is 0 Å². The van der Waals surface area contributed by atoms with Crippen LogP contribution in [-0.4, -0.2) is 18.0 Å². The molecule has 3 N–H and O–H groups in total. The molecule has 0 unspecified atom stereocenters. The summed E-state index contributed by atoms with van der Waals surface area (Å²) < 4.78 is 0. The quantitative estimate of drug-likeness (QED) is 0.634. The molecule has 0 saturated heterocycles. The average molecular weight is 361 g/mol. The molecule has 0 saturated carbocycles. The van der Waals surface area contributed by atoms with Crippen LogP contribution in [0.5, 0.6) is 0 Å². The van der Waals surface area contributed by atoms with Crippen LogP contribution in [0.3, 0.4) is 0 Å². The van der Waals surface area contributed by atoms with Gasteiger partial charge in [-0.3, -0.25) is 4.79 Å². The first-order valence-corrected chi connectivity index (χ1v) is 8.95. The molecular weight excluding hydrogens is 338 g/mol. The Morgan fingerprint density at radius 3 is 2.33 bits per heavy atom. The fourth-order valence-electron chi connectivity index (χ4n) is 2.84. The second-order valence-corrected chi connectivity index (χ2v) is 6.66. The van der Waals surface area contributed by atoms with Crippen LogP contribution < -0.4 is 16.0 Å². The molecule has 27 heavy (non-hydrogen) atoms. The van der Waals surface area contributed by atoms with Gasteiger partial charge in [0.15, 0.2) is 0 Å². The van der Waals surface area contributed by atoms with Crippen LogP contribution in [0.1, 0.15) is 29.8 Å².